The molecule has 1 atom stereocenters. The van der Waals surface area contributed by atoms with E-state index in [4.69, 9.17) is 14.2 Å². The van der Waals surface area contributed by atoms with Crippen LogP contribution in [0.5, 0.6) is 0 Å². The summed E-state index contributed by atoms with van der Waals surface area (Å²) in [7, 11) is 0. The summed E-state index contributed by atoms with van der Waals surface area (Å²) in [4.78, 5) is 38.2. The Morgan fingerprint density at radius 2 is 0.494 bits per heavy atom. The first kappa shape index (κ1) is 73.8. The average Bonchev–Trinajstić information content (AvgIpc) is 3.45. The molecule has 0 aromatic carbocycles. The zero-order valence-electron chi connectivity index (χ0n) is 50.6. The summed E-state index contributed by atoms with van der Waals surface area (Å²) in [6.07, 6.45) is 96.5. The van der Waals surface area contributed by atoms with Crippen LogP contribution in [0.25, 0.3) is 0 Å². The Morgan fingerprint density at radius 1 is 0.266 bits per heavy atom. The fourth-order valence-corrected chi connectivity index (χ4v) is 8.07. The van der Waals surface area contributed by atoms with Gasteiger partial charge >= 0.3 is 17.9 Å². The lowest BCUT2D eigenvalue weighted by Gasteiger charge is -2.18. The van der Waals surface area contributed by atoms with Gasteiger partial charge in [0, 0.05) is 19.3 Å². The van der Waals surface area contributed by atoms with Crippen LogP contribution in [0.4, 0.5) is 0 Å². The maximum atomic E-state index is 12.9. The minimum Gasteiger partial charge on any atom is -0.462 e. The molecule has 0 N–H and O–H groups in total. The number of ether oxygens (including phenoxy) is 3. The van der Waals surface area contributed by atoms with Crippen molar-refractivity contribution in [1.82, 2.24) is 0 Å². The molecule has 0 aromatic rings. The van der Waals surface area contributed by atoms with Crippen molar-refractivity contribution in [2.24, 2.45) is 0 Å². The van der Waals surface area contributed by atoms with Gasteiger partial charge in [0.05, 0.1) is 0 Å². The molecule has 1 unspecified atom stereocenters. The van der Waals surface area contributed by atoms with Crippen LogP contribution in [0.1, 0.15) is 252 Å². The number of hydrogen-bond donors (Lipinski definition) is 0. The second kappa shape index (κ2) is 65.3. The van der Waals surface area contributed by atoms with Gasteiger partial charge in [-0.25, -0.2) is 0 Å². The Labute approximate surface area is 485 Å². The molecule has 6 nitrogen and oxygen atoms in total. The highest BCUT2D eigenvalue weighted by Gasteiger charge is 2.19. The minimum atomic E-state index is -0.839. The van der Waals surface area contributed by atoms with Gasteiger partial charge in [-0.3, -0.25) is 14.4 Å². The van der Waals surface area contributed by atoms with Gasteiger partial charge in [-0.1, -0.05) is 281 Å². The lowest BCUT2D eigenvalue weighted by atomic mass is 10.0. The first-order valence-electron chi connectivity index (χ1n) is 31.6. The largest absolute Gasteiger partial charge is 0.462 e. The molecule has 0 aliphatic heterocycles. The van der Waals surface area contributed by atoms with E-state index in [1.54, 1.807) is 0 Å². The molecule has 0 fully saturated rings. The van der Waals surface area contributed by atoms with Crippen molar-refractivity contribution in [1.29, 1.82) is 0 Å². The van der Waals surface area contributed by atoms with Crippen LogP contribution in [0.3, 0.4) is 0 Å². The molecule has 6 heteroatoms. The van der Waals surface area contributed by atoms with E-state index in [1.165, 1.54) is 77.0 Å². The molecular weight excluding hydrogens is 973 g/mol. The molecule has 0 amide bonds. The third-order valence-electron chi connectivity index (χ3n) is 12.7. The first-order chi connectivity index (χ1) is 39.0. The summed E-state index contributed by atoms with van der Waals surface area (Å²) in [6, 6.07) is 0. The lowest BCUT2D eigenvalue weighted by molar-refractivity contribution is -0.167. The molecule has 0 spiro atoms. The molecule has 0 radical (unpaired) electrons. The van der Waals surface area contributed by atoms with Gasteiger partial charge in [0.2, 0.25) is 0 Å². The number of carbonyl (C=O) groups excluding carboxylic acids is 3. The van der Waals surface area contributed by atoms with Crippen molar-refractivity contribution in [2.45, 2.75) is 258 Å². The van der Waals surface area contributed by atoms with E-state index >= 15 is 0 Å². The van der Waals surface area contributed by atoms with Gasteiger partial charge in [0.25, 0.3) is 0 Å². The Hall–Kier alpha value is -5.23. The summed E-state index contributed by atoms with van der Waals surface area (Å²) in [6.45, 7) is 6.31. The molecule has 0 aliphatic carbocycles. The number of hydrogen-bond acceptors (Lipinski definition) is 6. The third-order valence-corrected chi connectivity index (χ3v) is 12.7. The van der Waals surface area contributed by atoms with Crippen LogP contribution in [0, 0.1) is 0 Å². The van der Waals surface area contributed by atoms with Gasteiger partial charge in [0.15, 0.2) is 6.10 Å². The molecule has 0 saturated carbocycles. The molecule has 0 rings (SSSR count). The number of allylic oxidation sites excluding steroid dienone is 28. The van der Waals surface area contributed by atoms with Crippen LogP contribution in [-0.2, 0) is 28.6 Å². The highest BCUT2D eigenvalue weighted by atomic mass is 16.6. The van der Waals surface area contributed by atoms with E-state index < -0.39 is 6.10 Å². The predicted molar refractivity (Wildman–Crippen MR) is 343 cm³/mol. The van der Waals surface area contributed by atoms with Crippen molar-refractivity contribution >= 4 is 17.9 Å². The van der Waals surface area contributed by atoms with E-state index in [0.717, 1.165) is 122 Å². The number of unbranched alkanes of at least 4 members (excludes halogenated alkanes) is 16. The maximum Gasteiger partial charge on any atom is 0.306 e. The number of esters is 3. The molecule has 442 valence electrons. The van der Waals surface area contributed by atoms with E-state index in [1.807, 2.05) is 0 Å². The normalized spacial score (nSPS) is 13.3. The second-order valence-electron chi connectivity index (χ2n) is 20.2. The predicted octanol–water partition coefficient (Wildman–Crippen LogP) is 21.9. The fourth-order valence-electron chi connectivity index (χ4n) is 8.07. The smallest absolute Gasteiger partial charge is 0.306 e. The molecular formula is C73H114O6. The zero-order chi connectivity index (χ0) is 57.1. The Balaban J connectivity index is 4.53. The Morgan fingerprint density at radius 3 is 0.772 bits per heavy atom. The summed E-state index contributed by atoms with van der Waals surface area (Å²) in [5.41, 5.74) is 0. The van der Waals surface area contributed by atoms with E-state index in [9.17, 15) is 14.4 Å². The van der Waals surface area contributed by atoms with Gasteiger partial charge < -0.3 is 14.2 Å². The average molecular weight is 1090 g/mol. The summed E-state index contributed by atoms with van der Waals surface area (Å²) < 4.78 is 16.8. The topological polar surface area (TPSA) is 78.9 Å². The van der Waals surface area contributed by atoms with E-state index in [0.29, 0.717) is 19.3 Å². The van der Waals surface area contributed by atoms with Crippen LogP contribution in [0.2, 0.25) is 0 Å². The zero-order valence-corrected chi connectivity index (χ0v) is 50.6. The van der Waals surface area contributed by atoms with Crippen molar-refractivity contribution < 1.29 is 28.6 Å². The lowest BCUT2D eigenvalue weighted by Crippen LogP contribution is -2.30. The van der Waals surface area contributed by atoms with Gasteiger partial charge in [0.1, 0.15) is 13.2 Å². The van der Waals surface area contributed by atoms with E-state index in [-0.39, 0.29) is 44.0 Å². The molecule has 79 heavy (non-hydrogen) atoms. The monoisotopic (exact) mass is 1090 g/mol. The highest BCUT2D eigenvalue weighted by molar-refractivity contribution is 5.71. The summed E-state index contributed by atoms with van der Waals surface area (Å²) in [5.74, 6) is -1.05. The molecule has 0 heterocycles. The SMILES string of the molecule is CC/C=C\C/C=C\C/C=C\C/C=C\C/C=C\C/C=C\C/C=C\C/C=C\C/C=C\CCCC(=O)OCC(COC(=O)CCCCCCCCCCCCCCCCC)OC(=O)CCC/C=C\C/C=C\C/C=C\C/C=C\C/C=C\CC. The summed E-state index contributed by atoms with van der Waals surface area (Å²) in [5, 5.41) is 0. The van der Waals surface area contributed by atoms with Gasteiger partial charge in [-0.05, 0) is 122 Å². The molecule has 0 aromatic heterocycles. The van der Waals surface area contributed by atoms with Crippen LogP contribution >= 0.6 is 0 Å². The van der Waals surface area contributed by atoms with Gasteiger partial charge in [-0.15, -0.1) is 0 Å². The van der Waals surface area contributed by atoms with Crippen molar-refractivity contribution in [2.75, 3.05) is 13.2 Å². The molecule has 0 saturated heterocycles. The first-order valence-corrected chi connectivity index (χ1v) is 31.6. The minimum absolute atomic E-state index is 0.124. The molecule has 0 bridgehead atoms. The second-order valence-corrected chi connectivity index (χ2v) is 20.2. The third kappa shape index (κ3) is 63.5. The van der Waals surface area contributed by atoms with Gasteiger partial charge in [-0.2, -0.15) is 0 Å². The Kier molecular flexibility index (Phi) is 61.0. The van der Waals surface area contributed by atoms with Crippen molar-refractivity contribution in [3.8, 4) is 0 Å². The van der Waals surface area contributed by atoms with Crippen molar-refractivity contribution in [3.63, 3.8) is 0 Å². The van der Waals surface area contributed by atoms with Crippen molar-refractivity contribution in [3.05, 3.63) is 170 Å². The number of carbonyl (C=O) groups is 3. The highest BCUT2D eigenvalue weighted by Crippen LogP contribution is 2.15. The fraction of sp³-hybridized carbons (Fsp3) is 0.575. The van der Waals surface area contributed by atoms with Crippen LogP contribution in [-0.4, -0.2) is 37.2 Å². The quantitative estimate of drug-likeness (QED) is 0.0261. The summed E-state index contributed by atoms with van der Waals surface area (Å²) >= 11 is 0. The van der Waals surface area contributed by atoms with Crippen LogP contribution in [0.15, 0.2) is 170 Å². The standard InChI is InChI=1S/C73H114O6/c1-4-7-10-13-16-19-22-25-28-30-31-32-33-34-35-36-37-38-39-40-41-43-45-48-51-54-57-60-63-66-72(75)78-69-70(68-77-71(74)65-62-59-56-53-50-47-44-27-24-21-18-15-12-9-6-3)79-73(76)67-64-61-58-55-52-49-46-42-29-26-23-20-17-14-11-8-5-2/h7-8,10-11,16-17,19-20,25-26,28-29,31-32,34-35,37-38,40-41,45-46,48-49,54-55,57-58,70H,4-6,9,12-15,18,21-24,27,30,33,36,39,42-44,47,50-53,56,59-69H2,1-3H3/b10-7-,11-8-,19-16-,20-17-,28-25-,29-26-,32-31-,35-34-,38-37-,41-40-,48-45-,49-46-,57-54-,58-55-. The Bertz CT molecular complexity index is 1820. The molecule has 0 aliphatic rings. The number of rotatable bonds is 55. The van der Waals surface area contributed by atoms with E-state index in [2.05, 4.69) is 191 Å². The maximum absolute atomic E-state index is 12.9. The van der Waals surface area contributed by atoms with Crippen LogP contribution < -0.4 is 0 Å².